The number of rotatable bonds is 9. The highest BCUT2D eigenvalue weighted by atomic mass is 32.2. The molecule has 2 N–H and O–H groups in total. The third-order valence-electron chi connectivity index (χ3n) is 4.09. The topological polar surface area (TPSA) is 83.5 Å². The van der Waals surface area contributed by atoms with Crippen molar-refractivity contribution in [2.45, 2.75) is 58.3 Å². The lowest BCUT2D eigenvalue weighted by atomic mass is 9.89. The van der Waals surface area contributed by atoms with Crippen LogP contribution in [0.15, 0.2) is 29.2 Å². The number of anilines is 1. The van der Waals surface area contributed by atoms with E-state index in [1.54, 1.807) is 6.07 Å². The molecule has 5 nitrogen and oxygen atoms in total. The lowest BCUT2D eigenvalue weighted by Crippen LogP contribution is -2.27. The van der Waals surface area contributed by atoms with Crippen LogP contribution in [0.2, 0.25) is 0 Å². The molecule has 0 heterocycles. The van der Waals surface area contributed by atoms with Crippen LogP contribution < -0.4 is 5.32 Å². The highest BCUT2D eigenvalue weighted by Gasteiger charge is 2.22. The Bertz CT molecular complexity index is 638. The van der Waals surface area contributed by atoms with E-state index in [4.69, 9.17) is 4.55 Å². The van der Waals surface area contributed by atoms with Gasteiger partial charge in [-0.15, -0.1) is 0 Å². The molecule has 0 bridgehead atoms. The van der Waals surface area contributed by atoms with E-state index in [-0.39, 0.29) is 22.6 Å². The lowest BCUT2D eigenvalue weighted by Gasteiger charge is -2.20. The van der Waals surface area contributed by atoms with Crippen LogP contribution >= 0.6 is 0 Å². The Labute approximate surface area is 145 Å². The number of unbranched alkanes of at least 4 members (excludes halogenated alkanes) is 1. The van der Waals surface area contributed by atoms with Gasteiger partial charge in [-0.2, -0.15) is 8.42 Å². The number of benzene rings is 1. The highest BCUT2D eigenvalue weighted by Crippen LogP contribution is 2.23. The average Bonchev–Trinajstić information content (AvgIpc) is 2.45. The quantitative estimate of drug-likeness (QED) is 0.509. The molecule has 0 radical (unpaired) electrons. The van der Waals surface area contributed by atoms with Gasteiger partial charge in [0.2, 0.25) is 5.91 Å². The molecule has 1 rings (SSSR count). The molecule has 0 fully saturated rings. The molecule has 1 aromatic carbocycles. The molecule has 0 aliphatic heterocycles. The minimum atomic E-state index is -4.27. The molecule has 1 atom stereocenters. The first-order valence-electron chi connectivity index (χ1n) is 8.49. The minimum absolute atomic E-state index is 0.109. The van der Waals surface area contributed by atoms with E-state index in [2.05, 4.69) is 19.2 Å². The maximum atomic E-state index is 12.5. The molecule has 0 saturated carbocycles. The summed E-state index contributed by atoms with van der Waals surface area (Å²) in [4.78, 5) is 12.3. The first kappa shape index (κ1) is 20.6. The van der Waals surface area contributed by atoms with E-state index in [1.807, 2.05) is 13.8 Å². The van der Waals surface area contributed by atoms with Gasteiger partial charge >= 0.3 is 0 Å². The Kier molecular flexibility index (Phi) is 7.90. The Morgan fingerprint density at radius 2 is 1.75 bits per heavy atom. The van der Waals surface area contributed by atoms with Gasteiger partial charge in [-0.1, -0.05) is 53.0 Å². The summed E-state index contributed by atoms with van der Waals surface area (Å²) in [6.07, 6.45) is 4.07. The molecule has 6 heteroatoms. The van der Waals surface area contributed by atoms with Gasteiger partial charge in [-0.25, -0.2) is 0 Å². The second-order valence-electron chi connectivity index (χ2n) is 7.02. The summed E-state index contributed by atoms with van der Waals surface area (Å²) in [5.41, 5.74) is 0.378. The summed E-state index contributed by atoms with van der Waals surface area (Å²) in [6, 6.07) is 5.66. The smallest absolute Gasteiger partial charge is 0.294 e. The molecular weight excluding hydrogens is 326 g/mol. The Morgan fingerprint density at radius 1 is 1.12 bits per heavy atom. The molecule has 0 spiro atoms. The number of hydrogen-bond acceptors (Lipinski definition) is 3. The molecule has 0 aliphatic carbocycles. The van der Waals surface area contributed by atoms with E-state index in [9.17, 15) is 13.2 Å². The van der Waals surface area contributed by atoms with Gasteiger partial charge in [0.1, 0.15) is 0 Å². The predicted octanol–water partition coefficient (Wildman–Crippen LogP) is 4.36. The van der Waals surface area contributed by atoms with E-state index >= 15 is 0 Å². The van der Waals surface area contributed by atoms with Gasteiger partial charge in [0.15, 0.2) is 0 Å². The van der Waals surface area contributed by atoms with Crippen molar-refractivity contribution in [1.29, 1.82) is 0 Å². The fraction of sp³-hybridized carbons (Fsp3) is 0.611. The van der Waals surface area contributed by atoms with Crippen molar-refractivity contribution in [3.63, 3.8) is 0 Å². The van der Waals surface area contributed by atoms with Gasteiger partial charge in [0, 0.05) is 11.6 Å². The summed E-state index contributed by atoms with van der Waals surface area (Å²) in [5, 5.41) is 2.77. The molecule has 0 saturated heterocycles. The molecule has 1 aromatic rings. The van der Waals surface area contributed by atoms with Crippen molar-refractivity contribution in [3.8, 4) is 0 Å². The second-order valence-corrected chi connectivity index (χ2v) is 8.44. The Morgan fingerprint density at radius 3 is 2.29 bits per heavy atom. The third-order valence-corrected chi connectivity index (χ3v) is 4.94. The van der Waals surface area contributed by atoms with Gasteiger partial charge in [0.05, 0.1) is 4.90 Å². The van der Waals surface area contributed by atoms with Crippen molar-refractivity contribution < 1.29 is 17.8 Å². The van der Waals surface area contributed by atoms with Crippen LogP contribution in [0.5, 0.6) is 0 Å². The summed E-state index contributed by atoms with van der Waals surface area (Å²) in [7, 11) is -4.27. The standard InChI is InChI=1S/C18H29NO4S/c1-13(2)8-5-6-11-17(14(3)4)18(20)19-15-9-7-10-16(12-15)24(21,22)23/h7,9-10,12-14,17H,5-6,8,11H2,1-4H3,(H,19,20)(H,21,22,23). The number of nitrogens with one attached hydrogen (secondary N) is 1. The van der Waals surface area contributed by atoms with Crippen molar-refractivity contribution in [2.24, 2.45) is 17.8 Å². The third kappa shape index (κ3) is 7.01. The minimum Gasteiger partial charge on any atom is -0.326 e. The van der Waals surface area contributed by atoms with E-state index < -0.39 is 10.1 Å². The number of hydrogen-bond donors (Lipinski definition) is 2. The lowest BCUT2D eigenvalue weighted by molar-refractivity contribution is -0.121. The summed E-state index contributed by atoms with van der Waals surface area (Å²) >= 11 is 0. The summed E-state index contributed by atoms with van der Waals surface area (Å²) in [6.45, 7) is 8.41. The summed E-state index contributed by atoms with van der Waals surface area (Å²) < 4.78 is 31.5. The maximum Gasteiger partial charge on any atom is 0.294 e. The van der Waals surface area contributed by atoms with Crippen LogP contribution in [0, 0.1) is 17.8 Å². The normalized spacial score (nSPS) is 13.3. The van der Waals surface area contributed by atoms with Gasteiger partial charge in [-0.05, 0) is 36.5 Å². The van der Waals surface area contributed by atoms with Crippen LogP contribution in [0.3, 0.4) is 0 Å². The van der Waals surface area contributed by atoms with Crippen molar-refractivity contribution in [3.05, 3.63) is 24.3 Å². The Balaban J connectivity index is 2.72. The molecular formula is C18H29NO4S. The van der Waals surface area contributed by atoms with Crippen LogP contribution in [0.25, 0.3) is 0 Å². The Hall–Kier alpha value is -1.40. The monoisotopic (exact) mass is 355 g/mol. The molecule has 0 aromatic heterocycles. The largest absolute Gasteiger partial charge is 0.326 e. The van der Waals surface area contributed by atoms with E-state index in [0.29, 0.717) is 11.6 Å². The molecule has 24 heavy (non-hydrogen) atoms. The van der Waals surface area contributed by atoms with Crippen LogP contribution in [0.4, 0.5) is 5.69 Å². The average molecular weight is 356 g/mol. The van der Waals surface area contributed by atoms with Crippen LogP contribution in [-0.4, -0.2) is 18.9 Å². The molecule has 1 amide bonds. The molecule has 0 aliphatic rings. The van der Waals surface area contributed by atoms with Gasteiger partial charge < -0.3 is 5.32 Å². The zero-order chi connectivity index (χ0) is 18.3. The number of amides is 1. The van der Waals surface area contributed by atoms with Crippen molar-refractivity contribution in [1.82, 2.24) is 0 Å². The first-order chi connectivity index (χ1) is 11.1. The number of carbonyl (C=O) groups excluding carboxylic acids is 1. The molecule has 1 unspecified atom stereocenters. The highest BCUT2D eigenvalue weighted by molar-refractivity contribution is 7.85. The van der Waals surface area contributed by atoms with E-state index in [1.165, 1.54) is 18.2 Å². The zero-order valence-electron chi connectivity index (χ0n) is 15.0. The van der Waals surface area contributed by atoms with Crippen molar-refractivity contribution in [2.75, 3.05) is 5.32 Å². The fourth-order valence-electron chi connectivity index (χ4n) is 2.65. The second kappa shape index (κ2) is 9.18. The molecule has 136 valence electrons. The van der Waals surface area contributed by atoms with Crippen LogP contribution in [-0.2, 0) is 14.9 Å². The SMILES string of the molecule is CC(C)CCCCC(C(=O)Nc1cccc(S(=O)(=O)O)c1)C(C)C. The van der Waals surface area contributed by atoms with Crippen molar-refractivity contribution >= 4 is 21.7 Å². The first-order valence-corrected chi connectivity index (χ1v) is 9.93. The maximum absolute atomic E-state index is 12.5. The zero-order valence-corrected chi connectivity index (χ0v) is 15.8. The summed E-state index contributed by atoms with van der Waals surface area (Å²) in [5.74, 6) is 0.641. The van der Waals surface area contributed by atoms with Gasteiger partial charge in [-0.3, -0.25) is 9.35 Å². The fourth-order valence-corrected chi connectivity index (χ4v) is 3.18. The van der Waals surface area contributed by atoms with Gasteiger partial charge in [0.25, 0.3) is 10.1 Å². The van der Waals surface area contributed by atoms with Crippen LogP contribution in [0.1, 0.15) is 53.4 Å². The van der Waals surface area contributed by atoms with E-state index in [0.717, 1.165) is 25.7 Å². The number of carbonyl (C=O) groups is 1. The predicted molar refractivity (Wildman–Crippen MR) is 96.5 cm³/mol.